The van der Waals surface area contributed by atoms with Crippen molar-refractivity contribution in [1.29, 1.82) is 0 Å². The number of carbonyl (C=O) groups excluding carboxylic acids is 2. The van der Waals surface area contributed by atoms with E-state index < -0.39 is 11.8 Å². The molecule has 2 amide bonds. The molecular formula is C20H14Cl2N2O3. The van der Waals surface area contributed by atoms with Crippen molar-refractivity contribution in [3.05, 3.63) is 69.7 Å². The lowest BCUT2D eigenvalue weighted by Gasteiger charge is -2.28. The van der Waals surface area contributed by atoms with Gasteiger partial charge in [0, 0.05) is 44.2 Å². The fourth-order valence-corrected chi connectivity index (χ4v) is 3.86. The number of aliphatic hydroxyl groups is 1. The molecule has 1 heterocycles. The summed E-state index contributed by atoms with van der Waals surface area (Å²) in [6.45, 7) is 0.345. The number of nitrogens with zero attached hydrogens (tertiary/aromatic N) is 1. The number of halogens is 2. The van der Waals surface area contributed by atoms with Gasteiger partial charge in [-0.05, 0) is 36.4 Å². The third-order valence-electron chi connectivity index (χ3n) is 4.44. The predicted octanol–water partition coefficient (Wildman–Crippen LogP) is 4.35. The van der Waals surface area contributed by atoms with Crippen LogP contribution in [0.3, 0.4) is 0 Å². The number of benzene rings is 3. The SMILES string of the molecule is O=C1c2cccc3c(NCCO)ccc(c23)C(=O)N1c1cc(Cl)cc(Cl)c1. The lowest BCUT2D eigenvalue weighted by atomic mass is 9.92. The molecule has 0 aliphatic carbocycles. The molecule has 7 heteroatoms. The van der Waals surface area contributed by atoms with Gasteiger partial charge in [-0.15, -0.1) is 0 Å². The summed E-state index contributed by atoms with van der Waals surface area (Å²) in [5.74, 6) is -0.869. The van der Waals surface area contributed by atoms with Gasteiger partial charge in [-0.3, -0.25) is 9.59 Å². The van der Waals surface area contributed by atoms with Crippen molar-refractivity contribution in [2.24, 2.45) is 0 Å². The van der Waals surface area contributed by atoms with Gasteiger partial charge in [0.2, 0.25) is 0 Å². The second-order valence-electron chi connectivity index (χ2n) is 6.11. The summed E-state index contributed by atoms with van der Waals surface area (Å²) in [6, 6.07) is 13.4. The Morgan fingerprint density at radius 3 is 2.26 bits per heavy atom. The maximum absolute atomic E-state index is 13.1. The summed E-state index contributed by atoms with van der Waals surface area (Å²) in [5.41, 5.74) is 1.92. The lowest BCUT2D eigenvalue weighted by molar-refractivity contribution is 0.0893. The Labute approximate surface area is 165 Å². The molecule has 0 spiro atoms. The van der Waals surface area contributed by atoms with Crippen LogP contribution in [0.4, 0.5) is 11.4 Å². The van der Waals surface area contributed by atoms with Gasteiger partial charge in [0.25, 0.3) is 11.8 Å². The molecule has 1 aliphatic heterocycles. The highest BCUT2D eigenvalue weighted by atomic mass is 35.5. The Bertz CT molecular complexity index is 1060. The number of imide groups is 1. The number of rotatable bonds is 4. The van der Waals surface area contributed by atoms with Crippen molar-refractivity contribution in [1.82, 2.24) is 0 Å². The largest absolute Gasteiger partial charge is 0.395 e. The van der Waals surface area contributed by atoms with E-state index in [1.165, 1.54) is 12.1 Å². The molecule has 0 saturated heterocycles. The summed E-state index contributed by atoms with van der Waals surface area (Å²) in [7, 11) is 0. The zero-order valence-electron chi connectivity index (χ0n) is 14.0. The highest BCUT2D eigenvalue weighted by molar-refractivity contribution is 6.38. The Hall–Kier alpha value is -2.60. The van der Waals surface area contributed by atoms with Crippen LogP contribution in [0, 0.1) is 0 Å². The van der Waals surface area contributed by atoms with Crippen LogP contribution in [-0.2, 0) is 0 Å². The molecule has 27 heavy (non-hydrogen) atoms. The maximum atomic E-state index is 13.1. The summed E-state index contributed by atoms with van der Waals surface area (Å²) >= 11 is 12.1. The van der Waals surface area contributed by atoms with Crippen LogP contribution in [0.25, 0.3) is 10.8 Å². The lowest BCUT2D eigenvalue weighted by Crippen LogP contribution is -2.40. The number of amides is 2. The molecule has 0 radical (unpaired) electrons. The minimum absolute atomic E-state index is 0.0237. The smallest absolute Gasteiger partial charge is 0.265 e. The minimum atomic E-state index is -0.434. The number of hydrogen-bond acceptors (Lipinski definition) is 4. The van der Waals surface area contributed by atoms with Gasteiger partial charge in [0.1, 0.15) is 0 Å². The van der Waals surface area contributed by atoms with Crippen LogP contribution in [0.5, 0.6) is 0 Å². The Morgan fingerprint density at radius 1 is 0.926 bits per heavy atom. The van der Waals surface area contributed by atoms with E-state index in [1.54, 1.807) is 30.3 Å². The molecule has 136 valence electrons. The van der Waals surface area contributed by atoms with Crippen LogP contribution in [0.15, 0.2) is 48.5 Å². The molecular weight excluding hydrogens is 387 g/mol. The van der Waals surface area contributed by atoms with Crippen LogP contribution < -0.4 is 10.2 Å². The summed E-state index contributed by atoms with van der Waals surface area (Å²) in [4.78, 5) is 27.3. The topological polar surface area (TPSA) is 69.6 Å². The van der Waals surface area contributed by atoms with Crippen LogP contribution >= 0.6 is 23.2 Å². The second-order valence-corrected chi connectivity index (χ2v) is 6.99. The van der Waals surface area contributed by atoms with Crippen molar-refractivity contribution in [2.75, 3.05) is 23.4 Å². The second kappa shape index (κ2) is 6.85. The van der Waals surface area contributed by atoms with Gasteiger partial charge < -0.3 is 10.4 Å². The molecule has 3 aromatic carbocycles. The van der Waals surface area contributed by atoms with E-state index in [2.05, 4.69) is 5.32 Å². The normalized spacial score (nSPS) is 13.4. The standard InChI is InChI=1S/C20H14Cl2N2O3/c21-11-8-12(22)10-13(9-11)24-19(26)15-3-1-2-14-17(23-6-7-25)5-4-16(18(14)15)20(24)27/h1-5,8-10,23,25H,6-7H2. The van der Waals surface area contributed by atoms with Crippen molar-refractivity contribution < 1.29 is 14.7 Å². The predicted molar refractivity (Wildman–Crippen MR) is 107 cm³/mol. The van der Waals surface area contributed by atoms with Crippen LogP contribution in [-0.4, -0.2) is 30.1 Å². The highest BCUT2D eigenvalue weighted by Crippen LogP contribution is 2.37. The van der Waals surface area contributed by atoms with E-state index in [0.29, 0.717) is 38.8 Å². The molecule has 1 aliphatic rings. The van der Waals surface area contributed by atoms with Gasteiger partial charge in [-0.1, -0.05) is 35.3 Å². The average Bonchev–Trinajstić information content (AvgIpc) is 2.64. The highest BCUT2D eigenvalue weighted by Gasteiger charge is 2.34. The molecule has 0 aromatic heterocycles. The molecule has 2 N–H and O–H groups in total. The molecule has 0 atom stereocenters. The Kier molecular flexibility index (Phi) is 4.52. The van der Waals surface area contributed by atoms with E-state index in [1.807, 2.05) is 6.07 Å². The number of anilines is 2. The first-order valence-corrected chi connectivity index (χ1v) is 9.02. The molecule has 0 fully saturated rings. The monoisotopic (exact) mass is 400 g/mol. The van der Waals surface area contributed by atoms with E-state index in [-0.39, 0.29) is 6.61 Å². The minimum Gasteiger partial charge on any atom is -0.395 e. The van der Waals surface area contributed by atoms with Gasteiger partial charge in [-0.2, -0.15) is 0 Å². The summed E-state index contributed by atoms with van der Waals surface area (Å²) in [6.07, 6.45) is 0. The third kappa shape index (κ3) is 2.94. The van der Waals surface area contributed by atoms with E-state index >= 15 is 0 Å². The van der Waals surface area contributed by atoms with Crippen molar-refractivity contribution in [3.8, 4) is 0 Å². The average molecular weight is 401 g/mol. The molecule has 0 saturated carbocycles. The fraction of sp³-hybridized carbons (Fsp3) is 0.100. The molecule has 0 bridgehead atoms. The van der Waals surface area contributed by atoms with Crippen molar-refractivity contribution in [3.63, 3.8) is 0 Å². The van der Waals surface area contributed by atoms with Crippen molar-refractivity contribution in [2.45, 2.75) is 0 Å². The number of nitrogens with one attached hydrogen (secondary N) is 1. The van der Waals surface area contributed by atoms with Crippen molar-refractivity contribution >= 4 is 57.2 Å². The molecule has 5 nitrogen and oxygen atoms in total. The zero-order valence-corrected chi connectivity index (χ0v) is 15.5. The maximum Gasteiger partial charge on any atom is 0.265 e. The first-order chi connectivity index (χ1) is 13.0. The third-order valence-corrected chi connectivity index (χ3v) is 4.88. The van der Waals surface area contributed by atoms with Gasteiger partial charge in [-0.25, -0.2) is 4.90 Å². The van der Waals surface area contributed by atoms with Gasteiger partial charge >= 0.3 is 0 Å². The summed E-state index contributed by atoms with van der Waals surface area (Å²) in [5, 5.41) is 14.2. The Balaban J connectivity index is 1.91. The number of aliphatic hydroxyl groups excluding tert-OH is 1. The number of hydrogen-bond donors (Lipinski definition) is 2. The van der Waals surface area contributed by atoms with Crippen LogP contribution in [0.1, 0.15) is 20.7 Å². The molecule has 3 aromatic rings. The van der Waals surface area contributed by atoms with Gasteiger partial charge in [0.05, 0.1) is 12.3 Å². The first kappa shape index (κ1) is 17.8. The van der Waals surface area contributed by atoms with E-state index in [4.69, 9.17) is 28.3 Å². The van der Waals surface area contributed by atoms with Crippen LogP contribution in [0.2, 0.25) is 10.0 Å². The zero-order chi connectivity index (χ0) is 19.1. The number of carbonyl (C=O) groups is 2. The van der Waals surface area contributed by atoms with Gasteiger partial charge in [0.15, 0.2) is 0 Å². The first-order valence-electron chi connectivity index (χ1n) is 8.26. The Morgan fingerprint density at radius 2 is 1.59 bits per heavy atom. The molecule has 4 rings (SSSR count). The summed E-state index contributed by atoms with van der Waals surface area (Å²) < 4.78 is 0. The quantitative estimate of drug-likeness (QED) is 0.638. The molecule has 0 unspecified atom stereocenters. The van der Waals surface area contributed by atoms with E-state index in [0.717, 1.165) is 16.0 Å². The van der Waals surface area contributed by atoms with E-state index in [9.17, 15) is 9.59 Å². The fourth-order valence-electron chi connectivity index (χ4n) is 3.34.